The van der Waals surface area contributed by atoms with E-state index < -0.39 is 23.3 Å². The Kier molecular flexibility index (Phi) is 6.43. The van der Waals surface area contributed by atoms with E-state index in [1.807, 2.05) is 0 Å². The number of carbonyl (C=O) groups is 2. The van der Waals surface area contributed by atoms with Gasteiger partial charge in [-0.1, -0.05) is 0 Å². The van der Waals surface area contributed by atoms with Crippen LogP contribution in [0.4, 0.5) is 13.2 Å². The summed E-state index contributed by atoms with van der Waals surface area (Å²) < 4.78 is 53.6. The quantitative estimate of drug-likeness (QED) is 0.322. The molecular formula is C16H18F3NO5. The Morgan fingerprint density at radius 2 is 1.48 bits per heavy atom. The van der Waals surface area contributed by atoms with Crippen molar-refractivity contribution < 1.29 is 37.0 Å². The fourth-order valence-electron chi connectivity index (χ4n) is 2.00. The lowest BCUT2D eigenvalue weighted by atomic mass is 9.99. The highest BCUT2D eigenvalue weighted by atomic mass is 19.4. The lowest BCUT2D eigenvalue weighted by Gasteiger charge is -2.15. The number of ketones is 2. The molecule has 0 aliphatic heterocycles. The number of carbonyl (C=O) groups excluding carboxylic acids is 2. The maximum Gasteiger partial charge on any atom is 0.455 e. The molecule has 1 rings (SSSR count). The van der Waals surface area contributed by atoms with Crippen LogP contribution in [0.25, 0.3) is 0 Å². The van der Waals surface area contributed by atoms with Crippen molar-refractivity contribution in [1.82, 2.24) is 4.90 Å². The molecule has 0 aliphatic carbocycles. The molecule has 0 saturated heterocycles. The number of methoxy groups -OCH3 is 3. The number of allylic oxidation sites excluding steroid dienone is 1. The monoisotopic (exact) mass is 361 g/mol. The number of hydrogen-bond donors (Lipinski definition) is 0. The minimum absolute atomic E-state index is 0.0776. The van der Waals surface area contributed by atoms with Gasteiger partial charge >= 0.3 is 6.18 Å². The zero-order chi connectivity index (χ0) is 19.4. The molecule has 0 heterocycles. The first-order valence-electron chi connectivity index (χ1n) is 6.91. The van der Waals surface area contributed by atoms with Gasteiger partial charge < -0.3 is 19.1 Å². The zero-order valence-electron chi connectivity index (χ0n) is 14.4. The van der Waals surface area contributed by atoms with Crippen LogP contribution in [0.5, 0.6) is 17.2 Å². The van der Waals surface area contributed by atoms with Gasteiger partial charge in [0.15, 0.2) is 17.3 Å². The molecule has 0 bridgehead atoms. The van der Waals surface area contributed by atoms with Crippen molar-refractivity contribution >= 4 is 11.6 Å². The molecule has 0 aromatic heterocycles. The number of alkyl halides is 3. The number of nitrogens with zero attached hydrogens (tertiary/aromatic N) is 1. The van der Waals surface area contributed by atoms with Gasteiger partial charge in [-0.15, -0.1) is 0 Å². The first kappa shape index (κ1) is 20.3. The minimum atomic E-state index is -5.18. The molecule has 0 atom stereocenters. The number of ether oxygens (including phenoxy) is 3. The van der Waals surface area contributed by atoms with Crippen molar-refractivity contribution in [1.29, 1.82) is 0 Å². The van der Waals surface area contributed by atoms with Crippen LogP contribution in [0.15, 0.2) is 23.9 Å². The van der Waals surface area contributed by atoms with Crippen LogP contribution in [0.2, 0.25) is 0 Å². The first-order valence-corrected chi connectivity index (χ1v) is 6.91. The minimum Gasteiger partial charge on any atom is -0.493 e. The maximum absolute atomic E-state index is 12.8. The largest absolute Gasteiger partial charge is 0.493 e. The second-order valence-electron chi connectivity index (χ2n) is 5.08. The summed E-state index contributed by atoms with van der Waals surface area (Å²) >= 11 is 0. The Labute approximate surface area is 142 Å². The van der Waals surface area contributed by atoms with Crippen molar-refractivity contribution in [2.45, 2.75) is 6.18 Å². The molecule has 138 valence electrons. The van der Waals surface area contributed by atoms with Crippen molar-refractivity contribution in [2.75, 3.05) is 35.4 Å². The molecule has 0 fully saturated rings. The molecule has 1 aromatic rings. The maximum atomic E-state index is 12.8. The molecule has 1 aromatic carbocycles. The van der Waals surface area contributed by atoms with Gasteiger partial charge in [0.05, 0.1) is 26.9 Å². The van der Waals surface area contributed by atoms with Crippen LogP contribution in [-0.4, -0.2) is 58.1 Å². The predicted molar refractivity (Wildman–Crippen MR) is 83.3 cm³/mol. The highest BCUT2D eigenvalue weighted by Gasteiger charge is 2.43. The van der Waals surface area contributed by atoms with E-state index in [1.165, 1.54) is 52.5 Å². The molecule has 0 radical (unpaired) electrons. The molecule has 6 nitrogen and oxygen atoms in total. The molecule has 0 spiro atoms. The summed E-state index contributed by atoms with van der Waals surface area (Å²) in [5, 5.41) is 0. The summed E-state index contributed by atoms with van der Waals surface area (Å²) in [6.07, 6.45) is -4.36. The second-order valence-corrected chi connectivity index (χ2v) is 5.08. The Hall–Kier alpha value is -2.71. The number of Topliss-reactive ketones (excluding diaryl/α,β-unsaturated/α-hetero) is 2. The summed E-state index contributed by atoms with van der Waals surface area (Å²) in [5.74, 6) is -3.03. The van der Waals surface area contributed by atoms with Crippen LogP contribution in [-0.2, 0) is 4.79 Å². The Morgan fingerprint density at radius 1 is 1.00 bits per heavy atom. The normalized spacial score (nSPS) is 11.8. The van der Waals surface area contributed by atoms with Gasteiger partial charge in [0, 0.05) is 25.9 Å². The average Bonchev–Trinajstić information content (AvgIpc) is 2.55. The van der Waals surface area contributed by atoms with Crippen LogP contribution < -0.4 is 14.2 Å². The number of rotatable bonds is 7. The number of hydrogen-bond acceptors (Lipinski definition) is 6. The van der Waals surface area contributed by atoms with E-state index in [2.05, 4.69) is 0 Å². The fraction of sp³-hybridized carbons (Fsp3) is 0.375. The van der Waals surface area contributed by atoms with Crippen LogP contribution in [0.1, 0.15) is 10.4 Å². The van der Waals surface area contributed by atoms with Crippen molar-refractivity contribution in [2.24, 2.45) is 0 Å². The standard InChI is InChI=1S/C16H18F3NO5/c1-20(2)8-10(15(22)16(17,18)19)13(21)9-6-11(23-3)14(25-5)12(7-9)24-4/h6-8H,1-5H3/b10-8+. The highest BCUT2D eigenvalue weighted by Crippen LogP contribution is 2.39. The summed E-state index contributed by atoms with van der Waals surface area (Å²) in [4.78, 5) is 25.3. The molecule has 0 saturated carbocycles. The van der Waals surface area contributed by atoms with E-state index in [-0.39, 0.29) is 22.8 Å². The predicted octanol–water partition coefficient (Wildman–Crippen LogP) is 2.47. The number of benzene rings is 1. The van der Waals surface area contributed by atoms with Crippen LogP contribution >= 0.6 is 0 Å². The van der Waals surface area contributed by atoms with Gasteiger partial charge in [-0.2, -0.15) is 13.2 Å². The third-order valence-corrected chi connectivity index (χ3v) is 3.06. The molecule has 0 unspecified atom stereocenters. The van der Waals surface area contributed by atoms with E-state index in [9.17, 15) is 22.8 Å². The summed E-state index contributed by atoms with van der Waals surface area (Å²) in [7, 11) is 6.72. The zero-order valence-corrected chi connectivity index (χ0v) is 14.4. The van der Waals surface area contributed by atoms with Gasteiger partial charge in [0.1, 0.15) is 0 Å². The van der Waals surface area contributed by atoms with Gasteiger partial charge in [0.25, 0.3) is 5.78 Å². The van der Waals surface area contributed by atoms with E-state index >= 15 is 0 Å². The molecular weight excluding hydrogens is 343 g/mol. The van der Waals surface area contributed by atoms with E-state index in [1.54, 1.807) is 0 Å². The van der Waals surface area contributed by atoms with E-state index in [0.29, 0.717) is 0 Å². The third kappa shape index (κ3) is 4.65. The first-order chi connectivity index (χ1) is 11.6. The Bertz CT molecular complexity index is 670. The summed E-state index contributed by atoms with van der Waals surface area (Å²) in [6.45, 7) is 0. The van der Waals surface area contributed by atoms with Crippen molar-refractivity contribution in [3.8, 4) is 17.2 Å². The highest BCUT2D eigenvalue weighted by molar-refractivity contribution is 6.27. The van der Waals surface area contributed by atoms with Crippen molar-refractivity contribution in [3.05, 3.63) is 29.5 Å². The van der Waals surface area contributed by atoms with Crippen LogP contribution in [0.3, 0.4) is 0 Å². The number of halogens is 3. The SMILES string of the molecule is COc1cc(C(=O)/C(=C\N(C)C)C(=O)C(F)(F)F)cc(OC)c1OC. The van der Waals surface area contributed by atoms with Gasteiger partial charge in [-0.3, -0.25) is 9.59 Å². The van der Waals surface area contributed by atoms with E-state index in [0.717, 1.165) is 6.20 Å². The van der Waals surface area contributed by atoms with Crippen molar-refractivity contribution in [3.63, 3.8) is 0 Å². The van der Waals surface area contributed by atoms with Gasteiger partial charge in [0.2, 0.25) is 5.75 Å². The third-order valence-electron chi connectivity index (χ3n) is 3.06. The molecule has 0 N–H and O–H groups in total. The molecule has 0 aliphatic rings. The molecule has 0 amide bonds. The van der Waals surface area contributed by atoms with Gasteiger partial charge in [-0.25, -0.2) is 0 Å². The summed E-state index contributed by atoms with van der Waals surface area (Å²) in [5.41, 5.74) is -1.23. The van der Waals surface area contributed by atoms with E-state index in [4.69, 9.17) is 14.2 Å². The lowest BCUT2D eigenvalue weighted by molar-refractivity contribution is -0.166. The Balaban J connectivity index is 3.51. The second kappa shape index (κ2) is 7.91. The molecule has 9 heteroatoms. The average molecular weight is 361 g/mol. The van der Waals surface area contributed by atoms with Crippen LogP contribution in [0, 0.1) is 0 Å². The summed E-state index contributed by atoms with van der Waals surface area (Å²) in [6, 6.07) is 2.35. The smallest absolute Gasteiger partial charge is 0.455 e. The fourth-order valence-corrected chi connectivity index (χ4v) is 2.00. The Morgan fingerprint density at radius 3 is 1.80 bits per heavy atom. The molecule has 25 heavy (non-hydrogen) atoms. The van der Waals surface area contributed by atoms with Gasteiger partial charge in [-0.05, 0) is 12.1 Å². The topological polar surface area (TPSA) is 65.1 Å². The lowest BCUT2D eigenvalue weighted by Crippen LogP contribution is -2.29.